The van der Waals surface area contributed by atoms with Crippen LogP contribution < -0.4 is 10.2 Å². The first kappa shape index (κ1) is 15.0. The highest BCUT2D eigenvalue weighted by Gasteiger charge is 2.13. The molecule has 1 heterocycles. The second-order valence-corrected chi connectivity index (χ2v) is 5.17. The Morgan fingerprint density at radius 2 is 1.75 bits per heavy atom. The Balaban J connectivity index is 1.98. The number of benzene rings is 1. The smallest absolute Gasteiger partial charge is 0.176 e. The molecule has 1 aliphatic heterocycles. The molecule has 1 aliphatic rings. The van der Waals surface area contributed by atoms with E-state index in [0.29, 0.717) is 6.54 Å². The first-order valence-electron chi connectivity index (χ1n) is 7.56. The number of anilines is 1. The van der Waals surface area contributed by atoms with Gasteiger partial charge in [-0.1, -0.05) is 13.8 Å². The Morgan fingerprint density at radius 1 is 1.15 bits per heavy atom. The number of likely N-dealkylation sites (N-methyl/N-ethyl adjacent to an activating group) is 1. The molecule has 4 heteroatoms. The molecule has 0 bridgehead atoms. The van der Waals surface area contributed by atoms with Gasteiger partial charge in [-0.25, -0.2) is 0 Å². The molecule has 1 saturated heterocycles. The summed E-state index contributed by atoms with van der Waals surface area (Å²) >= 11 is 0. The zero-order valence-corrected chi connectivity index (χ0v) is 12.6. The van der Waals surface area contributed by atoms with E-state index in [1.807, 2.05) is 12.1 Å². The fraction of sp³-hybridized carbons (Fsp3) is 0.562. The van der Waals surface area contributed by atoms with Crippen LogP contribution in [0.2, 0.25) is 0 Å². The van der Waals surface area contributed by atoms with Gasteiger partial charge in [0.1, 0.15) is 0 Å². The van der Waals surface area contributed by atoms with Gasteiger partial charge in [0, 0.05) is 37.4 Å². The maximum absolute atomic E-state index is 12.2. The van der Waals surface area contributed by atoms with E-state index in [1.54, 1.807) is 0 Å². The molecular formula is C16H25N3O. The molecule has 0 amide bonds. The van der Waals surface area contributed by atoms with E-state index in [0.717, 1.165) is 44.8 Å². The first-order valence-corrected chi connectivity index (χ1v) is 7.56. The first-order chi connectivity index (χ1) is 9.74. The van der Waals surface area contributed by atoms with Crippen LogP contribution in [0.15, 0.2) is 24.3 Å². The van der Waals surface area contributed by atoms with Crippen LogP contribution in [0.1, 0.15) is 24.2 Å². The minimum absolute atomic E-state index is 0.209. The number of nitrogens with one attached hydrogen (secondary N) is 1. The molecule has 0 atom stereocenters. The Kier molecular flexibility index (Phi) is 5.56. The van der Waals surface area contributed by atoms with Crippen molar-refractivity contribution in [3.63, 3.8) is 0 Å². The lowest BCUT2D eigenvalue weighted by molar-refractivity contribution is 0.0937. The van der Waals surface area contributed by atoms with Crippen LogP contribution in [0.4, 0.5) is 5.69 Å². The maximum Gasteiger partial charge on any atom is 0.176 e. The van der Waals surface area contributed by atoms with Crippen LogP contribution in [0.25, 0.3) is 0 Å². The Labute approximate surface area is 121 Å². The average molecular weight is 275 g/mol. The van der Waals surface area contributed by atoms with E-state index in [2.05, 4.69) is 41.1 Å². The summed E-state index contributed by atoms with van der Waals surface area (Å²) in [7, 11) is 0. The Morgan fingerprint density at radius 3 is 2.30 bits per heavy atom. The lowest BCUT2D eigenvalue weighted by Gasteiger charge is -2.29. The molecule has 0 unspecified atom stereocenters. The molecule has 0 spiro atoms. The summed E-state index contributed by atoms with van der Waals surface area (Å²) in [6.45, 7) is 10.7. The standard InChI is InChI=1S/C16H25N3O/c1-3-18(4-2)13-16(20)14-5-7-15(8-6-14)19-11-9-17-10-12-19/h5-8,17H,3-4,9-13H2,1-2H3. The van der Waals surface area contributed by atoms with E-state index in [1.165, 1.54) is 5.69 Å². The Bertz CT molecular complexity index is 420. The minimum atomic E-state index is 0.209. The van der Waals surface area contributed by atoms with Crippen LogP contribution >= 0.6 is 0 Å². The van der Waals surface area contributed by atoms with Gasteiger partial charge >= 0.3 is 0 Å². The topological polar surface area (TPSA) is 35.6 Å². The molecule has 110 valence electrons. The summed E-state index contributed by atoms with van der Waals surface area (Å²) in [5.74, 6) is 0.209. The highest BCUT2D eigenvalue weighted by molar-refractivity contribution is 5.97. The third-order valence-electron chi connectivity index (χ3n) is 3.93. The number of carbonyl (C=O) groups excluding carboxylic acids is 1. The summed E-state index contributed by atoms with van der Waals surface area (Å²) in [6.07, 6.45) is 0. The number of carbonyl (C=O) groups is 1. The normalized spacial score (nSPS) is 15.7. The molecule has 1 N–H and O–H groups in total. The van der Waals surface area contributed by atoms with Crippen molar-refractivity contribution in [2.45, 2.75) is 13.8 Å². The molecule has 0 saturated carbocycles. The van der Waals surface area contributed by atoms with Crippen molar-refractivity contribution in [2.75, 3.05) is 50.7 Å². The Hall–Kier alpha value is -1.39. The zero-order chi connectivity index (χ0) is 14.4. The number of hydrogen-bond acceptors (Lipinski definition) is 4. The number of piperazine rings is 1. The van der Waals surface area contributed by atoms with Crippen LogP contribution in [-0.2, 0) is 0 Å². The number of hydrogen-bond donors (Lipinski definition) is 1. The minimum Gasteiger partial charge on any atom is -0.369 e. The predicted molar refractivity (Wildman–Crippen MR) is 83.6 cm³/mol. The fourth-order valence-electron chi connectivity index (χ4n) is 2.52. The van der Waals surface area contributed by atoms with Gasteiger partial charge in [0.2, 0.25) is 0 Å². The van der Waals surface area contributed by atoms with Gasteiger partial charge in [-0.3, -0.25) is 9.69 Å². The summed E-state index contributed by atoms with van der Waals surface area (Å²) in [4.78, 5) is 16.7. The highest BCUT2D eigenvalue weighted by Crippen LogP contribution is 2.16. The third kappa shape index (κ3) is 3.81. The second kappa shape index (κ2) is 7.41. The quantitative estimate of drug-likeness (QED) is 0.800. The van der Waals surface area contributed by atoms with Gasteiger partial charge in [0.05, 0.1) is 6.54 Å². The van der Waals surface area contributed by atoms with Gasteiger partial charge in [0.15, 0.2) is 5.78 Å². The number of ketones is 1. The van der Waals surface area contributed by atoms with Crippen LogP contribution in [0, 0.1) is 0 Å². The SMILES string of the molecule is CCN(CC)CC(=O)c1ccc(N2CCNCC2)cc1. The molecular weight excluding hydrogens is 250 g/mol. The molecule has 1 aromatic carbocycles. The largest absolute Gasteiger partial charge is 0.369 e. The van der Waals surface area contributed by atoms with E-state index < -0.39 is 0 Å². The zero-order valence-electron chi connectivity index (χ0n) is 12.6. The molecule has 1 aromatic rings. The number of rotatable bonds is 6. The molecule has 0 aliphatic carbocycles. The molecule has 0 radical (unpaired) electrons. The van der Waals surface area contributed by atoms with Crippen molar-refractivity contribution in [3.05, 3.63) is 29.8 Å². The van der Waals surface area contributed by atoms with E-state index in [-0.39, 0.29) is 5.78 Å². The van der Waals surface area contributed by atoms with Gasteiger partial charge in [-0.15, -0.1) is 0 Å². The summed E-state index contributed by atoms with van der Waals surface area (Å²) < 4.78 is 0. The fourth-order valence-corrected chi connectivity index (χ4v) is 2.52. The average Bonchev–Trinajstić information content (AvgIpc) is 2.53. The maximum atomic E-state index is 12.2. The molecule has 1 fully saturated rings. The van der Waals surface area contributed by atoms with E-state index >= 15 is 0 Å². The molecule has 2 rings (SSSR count). The van der Waals surface area contributed by atoms with Crippen molar-refractivity contribution in [2.24, 2.45) is 0 Å². The predicted octanol–water partition coefficient (Wildman–Crippen LogP) is 1.62. The van der Waals surface area contributed by atoms with E-state index in [9.17, 15) is 4.79 Å². The van der Waals surface area contributed by atoms with Crippen LogP contribution in [-0.4, -0.2) is 56.5 Å². The molecule has 0 aromatic heterocycles. The van der Waals surface area contributed by atoms with Gasteiger partial charge in [-0.05, 0) is 37.4 Å². The summed E-state index contributed by atoms with van der Waals surface area (Å²) in [6, 6.07) is 8.06. The van der Waals surface area contributed by atoms with Crippen molar-refractivity contribution in [3.8, 4) is 0 Å². The highest BCUT2D eigenvalue weighted by atomic mass is 16.1. The van der Waals surface area contributed by atoms with Crippen LogP contribution in [0.3, 0.4) is 0 Å². The molecule has 4 nitrogen and oxygen atoms in total. The number of Topliss-reactive ketones (excluding diaryl/α,β-unsaturated/α-hetero) is 1. The second-order valence-electron chi connectivity index (χ2n) is 5.17. The van der Waals surface area contributed by atoms with E-state index in [4.69, 9.17) is 0 Å². The lowest BCUT2D eigenvalue weighted by Crippen LogP contribution is -2.43. The van der Waals surface area contributed by atoms with Crippen molar-refractivity contribution in [1.82, 2.24) is 10.2 Å². The third-order valence-corrected chi connectivity index (χ3v) is 3.93. The van der Waals surface area contributed by atoms with Gasteiger partial charge in [-0.2, -0.15) is 0 Å². The van der Waals surface area contributed by atoms with Crippen LogP contribution in [0.5, 0.6) is 0 Å². The van der Waals surface area contributed by atoms with Crippen molar-refractivity contribution >= 4 is 11.5 Å². The summed E-state index contributed by atoms with van der Waals surface area (Å²) in [5.41, 5.74) is 2.03. The van der Waals surface area contributed by atoms with Gasteiger partial charge in [0.25, 0.3) is 0 Å². The number of nitrogens with zero attached hydrogens (tertiary/aromatic N) is 2. The van der Waals surface area contributed by atoms with Crippen molar-refractivity contribution in [1.29, 1.82) is 0 Å². The molecule has 20 heavy (non-hydrogen) atoms. The lowest BCUT2D eigenvalue weighted by atomic mass is 10.1. The van der Waals surface area contributed by atoms with Gasteiger partial charge < -0.3 is 10.2 Å². The summed E-state index contributed by atoms with van der Waals surface area (Å²) in [5, 5.41) is 3.35. The van der Waals surface area contributed by atoms with Crippen molar-refractivity contribution < 1.29 is 4.79 Å². The monoisotopic (exact) mass is 275 g/mol.